The summed E-state index contributed by atoms with van der Waals surface area (Å²) in [6.07, 6.45) is -0.513. The second-order valence-corrected chi connectivity index (χ2v) is 7.87. The summed E-state index contributed by atoms with van der Waals surface area (Å²) in [4.78, 5) is 36.4. The Bertz CT molecular complexity index is 969. The van der Waals surface area contributed by atoms with Crippen molar-refractivity contribution in [1.82, 2.24) is 10.6 Å². The van der Waals surface area contributed by atoms with Crippen molar-refractivity contribution in [2.24, 2.45) is 0 Å². The molecule has 8 nitrogen and oxygen atoms in total. The predicted octanol–water partition coefficient (Wildman–Crippen LogP) is 2.27. The molecule has 0 aromatic heterocycles. The van der Waals surface area contributed by atoms with Crippen molar-refractivity contribution in [3.63, 3.8) is 0 Å². The van der Waals surface area contributed by atoms with Gasteiger partial charge in [-0.2, -0.15) is 0 Å². The first-order valence-corrected chi connectivity index (χ1v) is 10.2. The van der Waals surface area contributed by atoms with Gasteiger partial charge in [0.05, 0.1) is 6.61 Å². The molecule has 3 N–H and O–H groups in total. The number of hydrogen-bond acceptors (Lipinski definition) is 5. The zero-order valence-corrected chi connectivity index (χ0v) is 17.1. The summed E-state index contributed by atoms with van der Waals surface area (Å²) in [5, 5.41) is 14.1. The summed E-state index contributed by atoms with van der Waals surface area (Å²) in [5.41, 5.74) is 3.06. The van der Waals surface area contributed by atoms with Crippen LogP contribution in [0.5, 0.6) is 0 Å². The fourth-order valence-corrected chi connectivity index (χ4v) is 4.13. The Morgan fingerprint density at radius 3 is 2.29 bits per heavy atom. The quantitative estimate of drug-likeness (QED) is 0.656. The highest BCUT2D eigenvalue weighted by Gasteiger charge is 2.45. The number of aliphatic carboxylic acids is 1. The van der Waals surface area contributed by atoms with Crippen LogP contribution in [0.1, 0.15) is 30.4 Å². The second-order valence-electron chi connectivity index (χ2n) is 7.87. The molecule has 4 rings (SSSR count). The fraction of sp³-hybridized carbons (Fsp3) is 0.348. The number of carbonyl (C=O) groups excluding carboxylic acids is 2. The zero-order valence-electron chi connectivity index (χ0n) is 17.1. The maximum atomic E-state index is 12.7. The minimum Gasteiger partial charge on any atom is -0.480 e. The lowest BCUT2D eigenvalue weighted by Crippen LogP contribution is -2.61. The highest BCUT2D eigenvalue weighted by Crippen LogP contribution is 2.44. The highest BCUT2D eigenvalue weighted by atomic mass is 16.6. The van der Waals surface area contributed by atoms with Crippen molar-refractivity contribution >= 4 is 18.0 Å². The Balaban J connectivity index is 1.45. The van der Waals surface area contributed by atoms with Crippen LogP contribution in [0.2, 0.25) is 0 Å². The zero-order chi connectivity index (χ0) is 22.0. The number of carboxylic acids is 1. The molecule has 1 unspecified atom stereocenters. The van der Waals surface area contributed by atoms with E-state index < -0.39 is 29.6 Å². The number of rotatable bonds is 6. The average molecular weight is 424 g/mol. The van der Waals surface area contributed by atoms with Crippen LogP contribution in [0.25, 0.3) is 11.1 Å². The minimum absolute atomic E-state index is 0.0463. The van der Waals surface area contributed by atoms with E-state index >= 15 is 0 Å². The van der Waals surface area contributed by atoms with Gasteiger partial charge in [0, 0.05) is 18.9 Å². The van der Waals surface area contributed by atoms with Crippen LogP contribution in [-0.2, 0) is 19.1 Å². The molecule has 2 atom stereocenters. The molecule has 0 saturated carbocycles. The third kappa shape index (κ3) is 3.98. The maximum Gasteiger partial charge on any atom is 0.408 e. The van der Waals surface area contributed by atoms with Crippen LogP contribution < -0.4 is 10.6 Å². The normalized spacial score (nSPS) is 20.4. The number of ether oxygens (including phenoxy) is 2. The Morgan fingerprint density at radius 2 is 1.74 bits per heavy atom. The van der Waals surface area contributed by atoms with E-state index in [1.54, 1.807) is 0 Å². The lowest BCUT2D eigenvalue weighted by atomic mass is 9.97. The fourth-order valence-electron chi connectivity index (χ4n) is 4.13. The number of carboxylic acid groups (broad SMARTS) is 1. The van der Waals surface area contributed by atoms with Gasteiger partial charge in [0.25, 0.3) is 0 Å². The molecule has 0 spiro atoms. The third-order valence-electron chi connectivity index (χ3n) is 5.86. The van der Waals surface area contributed by atoms with Gasteiger partial charge < -0.3 is 25.2 Å². The molecule has 1 heterocycles. The smallest absolute Gasteiger partial charge is 0.408 e. The number of nitrogens with one attached hydrogen (secondary N) is 2. The molecule has 2 aromatic carbocycles. The monoisotopic (exact) mass is 424 g/mol. The maximum absolute atomic E-state index is 12.7. The highest BCUT2D eigenvalue weighted by molar-refractivity contribution is 5.93. The van der Waals surface area contributed by atoms with E-state index in [-0.39, 0.29) is 32.2 Å². The number of fused-ring (bicyclic) bond motifs is 3. The average Bonchev–Trinajstić information content (AvgIpc) is 3.36. The minimum atomic E-state index is -1.35. The van der Waals surface area contributed by atoms with E-state index in [4.69, 9.17) is 14.6 Å². The number of amides is 2. The van der Waals surface area contributed by atoms with Gasteiger partial charge in [0.1, 0.15) is 18.2 Å². The van der Waals surface area contributed by atoms with Gasteiger partial charge in [-0.1, -0.05) is 48.5 Å². The predicted molar refractivity (Wildman–Crippen MR) is 112 cm³/mol. The van der Waals surface area contributed by atoms with Crippen molar-refractivity contribution in [3.05, 3.63) is 59.7 Å². The molecule has 0 bridgehead atoms. The van der Waals surface area contributed by atoms with Crippen LogP contribution in [0, 0.1) is 0 Å². The SMILES string of the molecule is C[C@H](NC(=O)C1(NC(=O)OCC2c3ccccc3-c3ccccc32)CCOC1)C(=O)O. The Morgan fingerprint density at radius 1 is 1.13 bits per heavy atom. The van der Waals surface area contributed by atoms with E-state index in [0.29, 0.717) is 0 Å². The molecule has 1 saturated heterocycles. The van der Waals surface area contributed by atoms with Crippen molar-refractivity contribution in [1.29, 1.82) is 0 Å². The third-order valence-corrected chi connectivity index (χ3v) is 5.86. The van der Waals surface area contributed by atoms with Gasteiger partial charge in [-0.05, 0) is 29.2 Å². The molecule has 1 fully saturated rings. The standard InChI is InChI=1S/C23H24N2O6/c1-14(20(26)27)24-21(28)23(10-11-30-13-23)25-22(29)31-12-19-17-8-4-2-6-15(17)16-7-3-5-9-18(16)19/h2-9,14,19H,10-13H2,1H3,(H,24,28)(H,25,29)(H,26,27)/t14-,23?/m0/s1. The summed E-state index contributed by atoms with van der Waals surface area (Å²) in [7, 11) is 0. The van der Waals surface area contributed by atoms with Crippen molar-refractivity contribution in [2.75, 3.05) is 19.8 Å². The van der Waals surface area contributed by atoms with Crippen LogP contribution in [0.15, 0.2) is 48.5 Å². The van der Waals surface area contributed by atoms with Crippen molar-refractivity contribution < 1.29 is 29.0 Å². The summed E-state index contributed by atoms with van der Waals surface area (Å²) < 4.78 is 10.8. The number of alkyl carbamates (subject to hydrolysis) is 1. The van der Waals surface area contributed by atoms with Gasteiger partial charge in [-0.25, -0.2) is 4.79 Å². The van der Waals surface area contributed by atoms with Crippen LogP contribution >= 0.6 is 0 Å². The molecule has 0 radical (unpaired) electrons. The van der Waals surface area contributed by atoms with Gasteiger partial charge in [0.2, 0.25) is 5.91 Å². The molecule has 2 aliphatic rings. The number of benzene rings is 2. The van der Waals surface area contributed by atoms with Gasteiger partial charge >= 0.3 is 12.1 Å². The van der Waals surface area contributed by atoms with E-state index in [1.807, 2.05) is 48.5 Å². The van der Waals surface area contributed by atoms with E-state index in [1.165, 1.54) is 6.92 Å². The summed E-state index contributed by atoms with van der Waals surface area (Å²) in [5.74, 6) is -1.87. The van der Waals surface area contributed by atoms with E-state index in [9.17, 15) is 14.4 Å². The Kier molecular flexibility index (Phi) is 5.65. The largest absolute Gasteiger partial charge is 0.480 e. The lowest BCUT2D eigenvalue weighted by Gasteiger charge is -2.28. The van der Waals surface area contributed by atoms with Gasteiger partial charge in [-0.15, -0.1) is 0 Å². The molecule has 1 aliphatic heterocycles. The van der Waals surface area contributed by atoms with E-state index in [2.05, 4.69) is 10.6 Å². The van der Waals surface area contributed by atoms with Crippen LogP contribution in [0.4, 0.5) is 4.79 Å². The summed E-state index contributed by atoms with van der Waals surface area (Å²) in [6.45, 7) is 1.70. The Hall–Kier alpha value is -3.39. The lowest BCUT2D eigenvalue weighted by molar-refractivity contribution is -0.142. The molecule has 8 heteroatoms. The molecular formula is C23H24N2O6. The first kappa shape index (κ1) is 20.9. The van der Waals surface area contributed by atoms with Crippen molar-refractivity contribution in [3.8, 4) is 11.1 Å². The molecule has 31 heavy (non-hydrogen) atoms. The number of carbonyl (C=O) groups is 3. The van der Waals surface area contributed by atoms with E-state index in [0.717, 1.165) is 22.3 Å². The molecule has 2 amide bonds. The Labute approximate surface area is 179 Å². The van der Waals surface area contributed by atoms with Crippen LogP contribution in [-0.4, -0.2) is 54.5 Å². The summed E-state index contributed by atoms with van der Waals surface area (Å²) >= 11 is 0. The van der Waals surface area contributed by atoms with Gasteiger partial charge in [-0.3, -0.25) is 9.59 Å². The molecule has 1 aliphatic carbocycles. The van der Waals surface area contributed by atoms with Gasteiger partial charge in [0.15, 0.2) is 0 Å². The van der Waals surface area contributed by atoms with Crippen LogP contribution in [0.3, 0.4) is 0 Å². The molecule has 162 valence electrons. The number of hydrogen-bond donors (Lipinski definition) is 3. The van der Waals surface area contributed by atoms with Crippen molar-refractivity contribution in [2.45, 2.75) is 30.8 Å². The second kappa shape index (κ2) is 8.39. The molecule has 2 aromatic rings. The first-order chi connectivity index (χ1) is 14.9. The first-order valence-electron chi connectivity index (χ1n) is 10.2. The molecular weight excluding hydrogens is 400 g/mol. The summed E-state index contributed by atoms with van der Waals surface area (Å²) in [6, 6.07) is 14.9. The topological polar surface area (TPSA) is 114 Å².